The van der Waals surface area contributed by atoms with Crippen LogP contribution < -0.4 is 5.32 Å². The lowest BCUT2D eigenvalue weighted by atomic mass is 9.77. The van der Waals surface area contributed by atoms with Gasteiger partial charge in [0.15, 0.2) is 0 Å². The summed E-state index contributed by atoms with van der Waals surface area (Å²) in [6.07, 6.45) is 7.49. The first-order chi connectivity index (χ1) is 9.35. The zero-order valence-electron chi connectivity index (χ0n) is 12.6. The van der Waals surface area contributed by atoms with E-state index in [0.29, 0.717) is 5.41 Å². The lowest BCUT2D eigenvalue weighted by Crippen LogP contribution is -2.49. The van der Waals surface area contributed by atoms with E-state index in [0.717, 1.165) is 25.9 Å². The minimum absolute atomic E-state index is 0.118. The van der Waals surface area contributed by atoms with Gasteiger partial charge < -0.3 is 15.3 Å². The van der Waals surface area contributed by atoms with Crippen LogP contribution in [0, 0.1) is 10.8 Å². The Kier molecular flexibility index (Phi) is 4.25. The molecule has 5 heteroatoms. The second-order valence-corrected chi connectivity index (χ2v) is 7.04. The maximum atomic E-state index is 12.1. The van der Waals surface area contributed by atoms with Gasteiger partial charge in [0.1, 0.15) is 0 Å². The van der Waals surface area contributed by atoms with Crippen LogP contribution in [0.1, 0.15) is 52.4 Å². The van der Waals surface area contributed by atoms with Gasteiger partial charge >= 0.3 is 12.0 Å². The van der Waals surface area contributed by atoms with Gasteiger partial charge in [-0.05, 0) is 44.9 Å². The van der Waals surface area contributed by atoms with Crippen molar-refractivity contribution >= 4 is 12.0 Å². The van der Waals surface area contributed by atoms with Crippen molar-refractivity contribution in [3.8, 4) is 0 Å². The Hall–Kier alpha value is -1.26. The first kappa shape index (κ1) is 15.1. The third-order valence-corrected chi connectivity index (χ3v) is 5.04. The predicted molar refractivity (Wildman–Crippen MR) is 76.5 cm³/mol. The smallest absolute Gasteiger partial charge is 0.317 e. The quantitative estimate of drug-likeness (QED) is 0.835. The van der Waals surface area contributed by atoms with Crippen molar-refractivity contribution in [3.63, 3.8) is 0 Å². The second kappa shape index (κ2) is 5.62. The van der Waals surface area contributed by atoms with Crippen LogP contribution in [0.5, 0.6) is 0 Å². The number of carboxylic acid groups (broad SMARTS) is 1. The van der Waals surface area contributed by atoms with E-state index in [2.05, 4.69) is 5.32 Å². The van der Waals surface area contributed by atoms with Gasteiger partial charge in [-0.25, -0.2) is 4.79 Å². The highest BCUT2D eigenvalue weighted by atomic mass is 16.4. The largest absolute Gasteiger partial charge is 0.481 e. The number of amides is 2. The molecule has 2 aliphatic rings. The third kappa shape index (κ3) is 3.25. The van der Waals surface area contributed by atoms with Crippen LogP contribution >= 0.6 is 0 Å². The Bertz CT molecular complexity index is 377. The first-order valence-electron chi connectivity index (χ1n) is 7.61. The monoisotopic (exact) mass is 282 g/mol. The summed E-state index contributed by atoms with van der Waals surface area (Å²) in [5, 5.41) is 11.8. The summed E-state index contributed by atoms with van der Waals surface area (Å²) in [6, 6.07) is -0.118. The van der Waals surface area contributed by atoms with E-state index in [1.807, 2.05) is 4.90 Å². The topological polar surface area (TPSA) is 69.6 Å². The number of rotatable bonds is 3. The fraction of sp³-hybridized carbons (Fsp3) is 0.867. The SMILES string of the molecule is CC(C)(CNC(=O)N1CCC2(CCCC2)CC1)C(=O)O. The van der Waals surface area contributed by atoms with Gasteiger partial charge in [-0.2, -0.15) is 0 Å². The van der Waals surface area contributed by atoms with Crippen LogP contribution in [0.2, 0.25) is 0 Å². The number of piperidine rings is 1. The number of likely N-dealkylation sites (tertiary alicyclic amines) is 1. The lowest BCUT2D eigenvalue weighted by Gasteiger charge is -2.39. The summed E-state index contributed by atoms with van der Waals surface area (Å²) in [4.78, 5) is 24.9. The standard InChI is InChI=1S/C15H26N2O3/c1-14(2,12(18)19)11-16-13(20)17-9-7-15(8-10-17)5-3-4-6-15/h3-11H2,1-2H3,(H,16,20)(H,18,19). The zero-order valence-corrected chi connectivity index (χ0v) is 12.6. The highest BCUT2D eigenvalue weighted by Gasteiger charge is 2.38. The fourth-order valence-electron chi connectivity index (χ4n) is 3.29. The molecule has 2 amide bonds. The van der Waals surface area contributed by atoms with Crippen molar-refractivity contribution in [2.24, 2.45) is 10.8 Å². The molecule has 1 aliphatic carbocycles. The van der Waals surface area contributed by atoms with Crippen molar-refractivity contribution < 1.29 is 14.7 Å². The minimum atomic E-state index is -0.919. The van der Waals surface area contributed by atoms with Crippen molar-refractivity contribution in [2.45, 2.75) is 52.4 Å². The molecule has 1 spiro atoms. The van der Waals surface area contributed by atoms with Crippen molar-refractivity contribution in [1.82, 2.24) is 10.2 Å². The second-order valence-electron chi connectivity index (χ2n) is 7.04. The molecule has 2 N–H and O–H groups in total. The van der Waals surface area contributed by atoms with Gasteiger partial charge in [0.25, 0.3) is 0 Å². The Balaban J connectivity index is 1.79. The molecular weight excluding hydrogens is 256 g/mol. The van der Waals surface area contributed by atoms with Crippen molar-refractivity contribution in [2.75, 3.05) is 19.6 Å². The first-order valence-corrected chi connectivity index (χ1v) is 7.61. The summed E-state index contributed by atoms with van der Waals surface area (Å²) in [5.41, 5.74) is -0.421. The average Bonchev–Trinajstić information content (AvgIpc) is 2.85. The fourth-order valence-corrected chi connectivity index (χ4v) is 3.29. The van der Waals surface area contributed by atoms with Gasteiger partial charge in [0, 0.05) is 19.6 Å². The third-order valence-electron chi connectivity index (χ3n) is 5.04. The van der Waals surface area contributed by atoms with Crippen LogP contribution in [0.25, 0.3) is 0 Å². The summed E-state index contributed by atoms with van der Waals surface area (Å²) in [7, 11) is 0. The van der Waals surface area contributed by atoms with Crippen LogP contribution in [0.4, 0.5) is 4.79 Å². The molecule has 5 nitrogen and oxygen atoms in total. The predicted octanol–water partition coefficient (Wildman–Crippen LogP) is 2.46. The van der Waals surface area contributed by atoms with E-state index >= 15 is 0 Å². The number of nitrogens with zero attached hydrogens (tertiary/aromatic N) is 1. The van der Waals surface area contributed by atoms with E-state index in [1.54, 1.807) is 13.8 Å². The summed E-state index contributed by atoms with van der Waals surface area (Å²) in [6.45, 7) is 5.03. The summed E-state index contributed by atoms with van der Waals surface area (Å²) < 4.78 is 0. The summed E-state index contributed by atoms with van der Waals surface area (Å²) in [5.74, 6) is -0.888. The molecule has 0 aromatic rings. The molecule has 0 radical (unpaired) electrons. The van der Waals surface area contributed by atoms with Crippen LogP contribution in [0.15, 0.2) is 0 Å². The molecule has 0 aromatic heterocycles. The Morgan fingerprint density at radius 1 is 1.15 bits per heavy atom. The van der Waals surface area contributed by atoms with Crippen molar-refractivity contribution in [3.05, 3.63) is 0 Å². The molecule has 1 heterocycles. The molecule has 0 unspecified atom stereocenters. The maximum absolute atomic E-state index is 12.1. The molecule has 1 saturated carbocycles. The highest BCUT2D eigenvalue weighted by molar-refractivity contribution is 5.77. The molecule has 1 saturated heterocycles. The van der Waals surface area contributed by atoms with E-state index in [9.17, 15) is 9.59 Å². The normalized spacial score (nSPS) is 22.0. The molecule has 0 atom stereocenters. The minimum Gasteiger partial charge on any atom is -0.481 e. The van der Waals surface area contributed by atoms with E-state index in [1.165, 1.54) is 25.7 Å². The summed E-state index contributed by atoms with van der Waals surface area (Å²) >= 11 is 0. The number of hydrogen-bond acceptors (Lipinski definition) is 2. The maximum Gasteiger partial charge on any atom is 0.317 e. The van der Waals surface area contributed by atoms with E-state index < -0.39 is 11.4 Å². The number of hydrogen-bond donors (Lipinski definition) is 2. The van der Waals surface area contributed by atoms with E-state index in [-0.39, 0.29) is 12.6 Å². The molecular formula is C15H26N2O3. The van der Waals surface area contributed by atoms with Gasteiger partial charge in [-0.15, -0.1) is 0 Å². The van der Waals surface area contributed by atoms with Gasteiger partial charge in [-0.1, -0.05) is 12.8 Å². The Labute approximate surface area is 120 Å². The van der Waals surface area contributed by atoms with Gasteiger partial charge in [0.2, 0.25) is 0 Å². The number of carbonyl (C=O) groups is 2. The molecule has 0 aromatic carbocycles. The number of carbonyl (C=O) groups excluding carboxylic acids is 1. The van der Waals surface area contributed by atoms with Crippen LogP contribution in [-0.2, 0) is 4.79 Å². The molecule has 0 bridgehead atoms. The average molecular weight is 282 g/mol. The Morgan fingerprint density at radius 3 is 2.20 bits per heavy atom. The van der Waals surface area contributed by atoms with Crippen molar-refractivity contribution in [1.29, 1.82) is 0 Å². The molecule has 2 rings (SSSR count). The van der Waals surface area contributed by atoms with Crippen LogP contribution in [0.3, 0.4) is 0 Å². The lowest BCUT2D eigenvalue weighted by molar-refractivity contribution is -0.146. The van der Waals surface area contributed by atoms with Gasteiger partial charge in [0.05, 0.1) is 5.41 Å². The number of aliphatic carboxylic acids is 1. The zero-order chi connectivity index (χ0) is 14.8. The highest BCUT2D eigenvalue weighted by Crippen LogP contribution is 2.46. The number of carboxylic acids is 1. The molecule has 2 fully saturated rings. The number of nitrogens with one attached hydrogen (secondary N) is 1. The molecule has 114 valence electrons. The molecule has 1 aliphatic heterocycles. The van der Waals surface area contributed by atoms with Gasteiger partial charge in [-0.3, -0.25) is 4.79 Å². The molecule has 20 heavy (non-hydrogen) atoms. The number of urea groups is 1. The Morgan fingerprint density at radius 2 is 1.70 bits per heavy atom. The van der Waals surface area contributed by atoms with Crippen LogP contribution in [-0.4, -0.2) is 41.6 Å². The van der Waals surface area contributed by atoms with E-state index in [4.69, 9.17) is 5.11 Å².